The predicted octanol–water partition coefficient (Wildman–Crippen LogP) is 7.65. The monoisotopic (exact) mass is 447 g/mol. The number of ether oxygens (including phenoxy) is 1. The van der Waals surface area contributed by atoms with Crippen LogP contribution in [0, 0.1) is 5.41 Å². The van der Waals surface area contributed by atoms with Gasteiger partial charge in [-0.15, -0.1) is 0 Å². The van der Waals surface area contributed by atoms with Crippen LogP contribution in [0.1, 0.15) is 66.7 Å². The summed E-state index contributed by atoms with van der Waals surface area (Å²) in [6, 6.07) is 21.1. The Morgan fingerprint density at radius 1 is 1.06 bits per heavy atom. The van der Waals surface area contributed by atoms with E-state index in [1.54, 1.807) is 6.07 Å². The number of carbonyl (C=O) groups excluding carboxylic acids is 1. The lowest BCUT2D eigenvalue weighted by Crippen LogP contribution is -2.35. The van der Waals surface area contributed by atoms with Gasteiger partial charge >= 0.3 is 5.97 Å². The van der Waals surface area contributed by atoms with E-state index in [0.29, 0.717) is 16.5 Å². The van der Waals surface area contributed by atoms with Crippen molar-refractivity contribution < 1.29 is 9.53 Å². The fourth-order valence-electron chi connectivity index (χ4n) is 4.67. The van der Waals surface area contributed by atoms with Crippen molar-refractivity contribution in [2.24, 2.45) is 5.41 Å². The van der Waals surface area contributed by atoms with E-state index in [1.807, 2.05) is 6.07 Å². The smallest absolute Gasteiger partial charge is 0.340 e. The van der Waals surface area contributed by atoms with Crippen molar-refractivity contribution in [1.29, 1.82) is 0 Å². The highest BCUT2D eigenvalue weighted by molar-refractivity contribution is 6.31. The average molecular weight is 448 g/mol. The Bertz CT molecular complexity index is 1150. The van der Waals surface area contributed by atoms with Crippen molar-refractivity contribution in [3.63, 3.8) is 0 Å². The maximum absolute atomic E-state index is 12.4. The number of methoxy groups -OCH3 is 1. The van der Waals surface area contributed by atoms with Crippen LogP contribution in [0.5, 0.6) is 0 Å². The van der Waals surface area contributed by atoms with E-state index in [2.05, 4.69) is 81.5 Å². The third kappa shape index (κ3) is 4.27. The number of anilines is 1. The molecule has 0 aliphatic carbocycles. The summed E-state index contributed by atoms with van der Waals surface area (Å²) in [5.74, 6) is 0.133. The van der Waals surface area contributed by atoms with Gasteiger partial charge in [0, 0.05) is 5.02 Å². The quantitative estimate of drug-likeness (QED) is 0.417. The van der Waals surface area contributed by atoms with E-state index in [4.69, 9.17) is 16.3 Å². The van der Waals surface area contributed by atoms with Gasteiger partial charge in [-0.3, -0.25) is 0 Å². The van der Waals surface area contributed by atoms with Crippen molar-refractivity contribution >= 4 is 23.3 Å². The van der Waals surface area contributed by atoms with Crippen LogP contribution in [0.25, 0.3) is 11.1 Å². The highest BCUT2D eigenvalue weighted by Gasteiger charge is 2.38. The van der Waals surface area contributed by atoms with Gasteiger partial charge in [0.1, 0.15) is 0 Å². The Labute approximate surface area is 195 Å². The van der Waals surface area contributed by atoms with Gasteiger partial charge in [-0.2, -0.15) is 0 Å². The first kappa shape index (κ1) is 22.4. The molecule has 166 valence electrons. The minimum atomic E-state index is -0.381. The summed E-state index contributed by atoms with van der Waals surface area (Å²) in [6.07, 6.45) is 0.803. The van der Waals surface area contributed by atoms with Crippen molar-refractivity contribution in [3.8, 4) is 11.1 Å². The second kappa shape index (κ2) is 8.63. The van der Waals surface area contributed by atoms with E-state index in [0.717, 1.165) is 17.7 Å². The lowest BCUT2D eigenvalue weighted by molar-refractivity contribution is 0.0601. The second-order valence-corrected chi connectivity index (χ2v) is 10.1. The Kier molecular flexibility index (Phi) is 6.05. The van der Waals surface area contributed by atoms with Crippen LogP contribution in [0.3, 0.4) is 0 Å². The minimum absolute atomic E-state index is 0.0365. The Balaban J connectivity index is 1.73. The molecule has 0 bridgehead atoms. The molecule has 3 aromatic carbocycles. The molecule has 1 aliphatic rings. The number of fused-ring (bicyclic) bond motifs is 1. The summed E-state index contributed by atoms with van der Waals surface area (Å²) in [6.45, 7) is 8.91. The van der Waals surface area contributed by atoms with Gasteiger partial charge in [0.15, 0.2) is 0 Å². The minimum Gasteiger partial charge on any atom is -0.465 e. The maximum Gasteiger partial charge on any atom is 0.340 e. The normalized spacial score (nSPS) is 16.9. The molecule has 32 heavy (non-hydrogen) atoms. The van der Waals surface area contributed by atoms with Crippen molar-refractivity contribution in [2.75, 3.05) is 12.4 Å². The van der Waals surface area contributed by atoms with Crippen molar-refractivity contribution in [2.45, 2.75) is 46.1 Å². The van der Waals surface area contributed by atoms with Gasteiger partial charge in [-0.25, -0.2) is 4.79 Å². The third-order valence-corrected chi connectivity index (χ3v) is 6.66. The fourth-order valence-corrected chi connectivity index (χ4v) is 4.91. The van der Waals surface area contributed by atoms with Crippen LogP contribution in [0.15, 0.2) is 60.7 Å². The molecular weight excluding hydrogens is 418 g/mol. The van der Waals surface area contributed by atoms with Crippen molar-refractivity contribution in [1.82, 2.24) is 0 Å². The summed E-state index contributed by atoms with van der Waals surface area (Å²) >= 11 is 6.31. The summed E-state index contributed by atoms with van der Waals surface area (Å²) in [7, 11) is 1.40. The number of benzene rings is 3. The molecule has 0 fully saturated rings. The van der Waals surface area contributed by atoms with Crippen LogP contribution in [-0.2, 0) is 11.2 Å². The van der Waals surface area contributed by atoms with Crippen LogP contribution in [0.2, 0.25) is 5.02 Å². The summed E-state index contributed by atoms with van der Waals surface area (Å²) in [5.41, 5.74) is 7.18. The number of halogens is 1. The number of nitrogens with one attached hydrogen (secondary N) is 1. The number of rotatable bonds is 4. The predicted molar refractivity (Wildman–Crippen MR) is 133 cm³/mol. The van der Waals surface area contributed by atoms with Crippen molar-refractivity contribution in [3.05, 3.63) is 87.9 Å². The summed E-state index contributed by atoms with van der Waals surface area (Å²) in [5, 5.41) is 4.21. The molecule has 0 spiro atoms. The van der Waals surface area contributed by atoms with Gasteiger partial charge in [0.2, 0.25) is 0 Å². The molecule has 1 unspecified atom stereocenters. The highest BCUT2D eigenvalue weighted by Crippen LogP contribution is 2.47. The second-order valence-electron chi connectivity index (χ2n) is 9.62. The zero-order valence-electron chi connectivity index (χ0n) is 19.3. The number of hydrogen-bond acceptors (Lipinski definition) is 3. The molecule has 1 atom stereocenters. The molecule has 0 radical (unpaired) electrons. The maximum atomic E-state index is 12.4. The molecule has 0 amide bonds. The zero-order valence-corrected chi connectivity index (χ0v) is 20.1. The average Bonchev–Trinajstić information content (AvgIpc) is 2.77. The molecule has 3 aromatic rings. The van der Waals surface area contributed by atoms with Crippen LogP contribution < -0.4 is 5.32 Å². The third-order valence-electron chi connectivity index (χ3n) is 6.44. The number of hydrogen-bond donors (Lipinski definition) is 1. The van der Waals surface area contributed by atoms with Gasteiger partial charge in [-0.1, -0.05) is 81.8 Å². The molecule has 0 saturated heterocycles. The number of esters is 1. The molecule has 1 aliphatic heterocycles. The fraction of sp³-hybridized carbons (Fsp3) is 0.321. The topological polar surface area (TPSA) is 38.3 Å². The Morgan fingerprint density at radius 3 is 2.44 bits per heavy atom. The van der Waals surface area contributed by atoms with Gasteiger partial charge in [0.25, 0.3) is 0 Å². The van der Waals surface area contributed by atoms with E-state index in [1.165, 1.54) is 29.4 Å². The lowest BCUT2D eigenvalue weighted by Gasteiger charge is -2.42. The van der Waals surface area contributed by atoms with Gasteiger partial charge < -0.3 is 10.1 Å². The summed E-state index contributed by atoms with van der Waals surface area (Å²) < 4.78 is 5.02. The molecule has 4 heteroatoms. The first-order valence-corrected chi connectivity index (χ1v) is 11.4. The van der Waals surface area contributed by atoms with E-state index in [-0.39, 0.29) is 17.4 Å². The molecule has 1 N–H and O–H groups in total. The van der Waals surface area contributed by atoms with E-state index >= 15 is 0 Å². The highest BCUT2D eigenvalue weighted by atomic mass is 35.5. The van der Waals surface area contributed by atoms with Gasteiger partial charge in [-0.05, 0) is 63.8 Å². The van der Waals surface area contributed by atoms with Crippen LogP contribution in [-0.4, -0.2) is 13.1 Å². The molecular formula is C28H30ClNO2. The van der Waals surface area contributed by atoms with E-state index < -0.39 is 0 Å². The van der Waals surface area contributed by atoms with E-state index in [9.17, 15) is 4.79 Å². The first-order valence-electron chi connectivity index (χ1n) is 11.1. The molecule has 4 rings (SSSR count). The molecule has 3 nitrogen and oxygen atoms in total. The van der Waals surface area contributed by atoms with Gasteiger partial charge in [0.05, 0.1) is 24.4 Å². The first-order chi connectivity index (χ1) is 15.2. The summed E-state index contributed by atoms with van der Waals surface area (Å²) in [4.78, 5) is 12.4. The number of carbonyl (C=O) groups is 1. The standard InChI is InChI=1S/C28H30ClNO2/c1-17(2)18-9-11-19(12-10-18)20-7-6-8-21(13-20)26-28(3,4)16-22-14-23(29)15-24(25(22)30-26)27(31)32-5/h6-15,17,26,30H,16H2,1-5H3. The lowest BCUT2D eigenvalue weighted by atomic mass is 9.72. The molecule has 1 heterocycles. The van der Waals surface area contributed by atoms with Crippen LogP contribution >= 0.6 is 11.6 Å². The molecule has 0 aromatic heterocycles. The Hall–Kier alpha value is -2.78. The largest absolute Gasteiger partial charge is 0.465 e. The molecule has 0 saturated carbocycles. The zero-order chi connectivity index (χ0) is 23.0. The Morgan fingerprint density at radius 2 is 1.78 bits per heavy atom. The SMILES string of the molecule is COC(=O)c1cc(Cl)cc2c1NC(c1cccc(-c3ccc(C(C)C)cc3)c1)C(C)(C)C2. The van der Waals surface area contributed by atoms with Crippen LogP contribution in [0.4, 0.5) is 5.69 Å².